The largest absolute Gasteiger partial charge is 0.276 e. The smallest absolute Gasteiger partial charge is 0.263 e. The highest BCUT2D eigenvalue weighted by molar-refractivity contribution is 6.31. The summed E-state index contributed by atoms with van der Waals surface area (Å²) in [6.45, 7) is 0. The highest BCUT2D eigenvalue weighted by Crippen LogP contribution is 2.51. The van der Waals surface area contributed by atoms with Gasteiger partial charge in [-0.05, 0) is 63.4 Å². The average Bonchev–Trinajstić information content (AvgIpc) is 3.29. The lowest BCUT2D eigenvalue weighted by atomic mass is 9.81. The first-order chi connectivity index (χ1) is 18.8. The maximum absolute atomic E-state index is 14.4. The predicted molar refractivity (Wildman–Crippen MR) is 157 cm³/mol. The normalized spacial score (nSPS) is 12.3. The van der Waals surface area contributed by atoms with Gasteiger partial charge in [0.2, 0.25) is 0 Å². The molecule has 180 valence electrons. The summed E-state index contributed by atoms with van der Waals surface area (Å²) in [7, 11) is 0. The van der Waals surface area contributed by atoms with E-state index in [9.17, 15) is 4.79 Å². The third kappa shape index (κ3) is 3.54. The van der Waals surface area contributed by atoms with Crippen molar-refractivity contribution in [2.24, 2.45) is 0 Å². The summed E-state index contributed by atoms with van der Waals surface area (Å²) in [6, 6.07) is 47.9. The maximum atomic E-state index is 14.4. The van der Waals surface area contributed by atoms with E-state index in [4.69, 9.17) is 0 Å². The molecule has 2 nitrogen and oxygen atoms in total. The molecule has 0 N–H and O–H groups in total. The van der Waals surface area contributed by atoms with Crippen LogP contribution >= 0.6 is 0 Å². The molecule has 0 saturated carbocycles. The number of anilines is 2. The van der Waals surface area contributed by atoms with Crippen LogP contribution in [0.4, 0.5) is 11.4 Å². The molecular weight excluding hydrogens is 462 g/mol. The Kier molecular flexibility index (Phi) is 5.37. The van der Waals surface area contributed by atoms with Crippen LogP contribution < -0.4 is 4.90 Å². The number of rotatable bonds is 5. The molecule has 38 heavy (non-hydrogen) atoms. The Morgan fingerprint density at radius 2 is 1.05 bits per heavy atom. The van der Waals surface area contributed by atoms with E-state index in [1.54, 1.807) is 0 Å². The molecule has 0 saturated heterocycles. The first-order valence-electron chi connectivity index (χ1n) is 13.0. The van der Waals surface area contributed by atoms with Gasteiger partial charge < -0.3 is 0 Å². The summed E-state index contributed by atoms with van der Waals surface area (Å²) < 4.78 is 0. The van der Waals surface area contributed by atoms with Gasteiger partial charge in [0.15, 0.2) is 0 Å². The van der Waals surface area contributed by atoms with E-state index in [-0.39, 0.29) is 5.91 Å². The van der Waals surface area contributed by atoms with Crippen LogP contribution in [-0.4, -0.2) is 5.91 Å². The van der Waals surface area contributed by atoms with E-state index in [1.165, 1.54) is 11.1 Å². The molecule has 7 rings (SSSR count). The number of hydrogen-bond acceptors (Lipinski definition) is 1. The van der Waals surface area contributed by atoms with Crippen LogP contribution in [0, 0.1) is 0 Å². The van der Waals surface area contributed by atoms with Gasteiger partial charge in [-0.3, -0.25) is 9.69 Å². The number of carbonyl (C=O) groups excluding carboxylic acids is 1. The van der Waals surface area contributed by atoms with E-state index < -0.39 is 0 Å². The second kappa shape index (κ2) is 9.17. The summed E-state index contributed by atoms with van der Waals surface area (Å²) in [5.74, 6) is 0.0325. The molecule has 0 unspecified atom stereocenters. The molecule has 0 bridgehead atoms. The minimum Gasteiger partial charge on any atom is -0.276 e. The highest BCUT2D eigenvalue weighted by Gasteiger charge is 2.36. The molecular formula is C36H25NO. The maximum Gasteiger partial charge on any atom is 0.263 e. The third-order valence-electron chi connectivity index (χ3n) is 7.44. The van der Waals surface area contributed by atoms with E-state index in [0.717, 1.165) is 50.0 Å². The molecule has 1 aliphatic heterocycles. The zero-order valence-electron chi connectivity index (χ0n) is 20.8. The van der Waals surface area contributed by atoms with E-state index in [0.29, 0.717) is 6.42 Å². The van der Waals surface area contributed by atoms with Crippen molar-refractivity contribution in [3.05, 3.63) is 156 Å². The Balaban J connectivity index is 1.64. The number of amides is 1. The first kappa shape index (κ1) is 22.3. The standard InChI is InChI=1S/C36H25NO/c38-36-35-30(24-25-14-5-1-6-15-25)33(27-18-9-3-10-19-27)32(26-16-7-2-8-17-26)29-22-13-23-31(34(29)35)37(36)28-20-11-4-12-21-28/h1-23H,24H2. The van der Waals surface area contributed by atoms with Gasteiger partial charge in [0.25, 0.3) is 5.91 Å². The number of benzene rings is 6. The van der Waals surface area contributed by atoms with Crippen LogP contribution in [0.5, 0.6) is 0 Å². The van der Waals surface area contributed by atoms with E-state index in [2.05, 4.69) is 97.1 Å². The monoisotopic (exact) mass is 487 g/mol. The quantitative estimate of drug-likeness (QED) is 0.237. The van der Waals surface area contributed by atoms with Crippen molar-refractivity contribution in [1.29, 1.82) is 0 Å². The minimum absolute atomic E-state index is 0.0325. The van der Waals surface area contributed by atoms with Gasteiger partial charge in [-0.2, -0.15) is 0 Å². The Morgan fingerprint density at radius 3 is 1.68 bits per heavy atom. The zero-order chi connectivity index (χ0) is 25.5. The van der Waals surface area contributed by atoms with Crippen molar-refractivity contribution < 1.29 is 4.79 Å². The van der Waals surface area contributed by atoms with Gasteiger partial charge in [0, 0.05) is 11.1 Å². The molecule has 1 amide bonds. The molecule has 1 aliphatic rings. The first-order valence-corrected chi connectivity index (χ1v) is 13.0. The van der Waals surface area contributed by atoms with E-state index >= 15 is 0 Å². The van der Waals surface area contributed by atoms with Crippen molar-refractivity contribution in [3.63, 3.8) is 0 Å². The van der Waals surface area contributed by atoms with Gasteiger partial charge in [0.1, 0.15) is 0 Å². The van der Waals surface area contributed by atoms with Gasteiger partial charge in [-0.25, -0.2) is 0 Å². The van der Waals surface area contributed by atoms with Crippen LogP contribution in [0.2, 0.25) is 0 Å². The summed E-state index contributed by atoms with van der Waals surface area (Å²) in [4.78, 5) is 16.3. The Hall–Kier alpha value is -4.95. The number of para-hydroxylation sites is 1. The zero-order valence-corrected chi connectivity index (χ0v) is 20.8. The lowest BCUT2D eigenvalue weighted by Crippen LogP contribution is -2.22. The molecule has 6 aromatic carbocycles. The van der Waals surface area contributed by atoms with Crippen molar-refractivity contribution >= 4 is 28.1 Å². The topological polar surface area (TPSA) is 20.3 Å². The summed E-state index contributed by atoms with van der Waals surface area (Å²) in [5.41, 5.74) is 9.46. The molecule has 0 aromatic heterocycles. The van der Waals surface area contributed by atoms with Gasteiger partial charge in [-0.15, -0.1) is 0 Å². The average molecular weight is 488 g/mol. The summed E-state index contributed by atoms with van der Waals surface area (Å²) in [6.07, 6.45) is 0.666. The Bertz CT molecular complexity index is 1780. The second-order valence-corrected chi connectivity index (χ2v) is 9.67. The lowest BCUT2D eigenvalue weighted by Gasteiger charge is -2.21. The van der Waals surface area contributed by atoms with Crippen molar-refractivity contribution in [1.82, 2.24) is 0 Å². The van der Waals surface area contributed by atoms with Crippen LogP contribution in [0.3, 0.4) is 0 Å². The molecule has 0 fully saturated rings. The lowest BCUT2D eigenvalue weighted by molar-refractivity contribution is 0.100. The van der Waals surface area contributed by atoms with Crippen LogP contribution in [-0.2, 0) is 6.42 Å². The van der Waals surface area contributed by atoms with Gasteiger partial charge in [0.05, 0.1) is 11.3 Å². The summed E-state index contributed by atoms with van der Waals surface area (Å²) in [5, 5.41) is 2.14. The molecule has 6 aromatic rings. The molecule has 0 spiro atoms. The Labute approximate surface area is 222 Å². The number of hydrogen-bond donors (Lipinski definition) is 0. The molecule has 0 aliphatic carbocycles. The van der Waals surface area contributed by atoms with Crippen molar-refractivity contribution in [2.45, 2.75) is 6.42 Å². The molecule has 2 heteroatoms. The molecule has 1 heterocycles. The third-order valence-corrected chi connectivity index (χ3v) is 7.44. The van der Waals surface area contributed by atoms with Crippen molar-refractivity contribution in [2.75, 3.05) is 4.90 Å². The van der Waals surface area contributed by atoms with Crippen LogP contribution in [0.15, 0.2) is 140 Å². The second-order valence-electron chi connectivity index (χ2n) is 9.67. The SMILES string of the molecule is O=C1c2c(Cc3ccccc3)c(-c3ccccc3)c(-c3ccccc3)c3cccc(c23)N1c1ccccc1. The minimum atomic E-state index is 0.0325. The number of nitrogens with zero attached hydrogens (tertiary/aromatic N) is 1. The Morgan fingerprint density at radius 1 is 0.500 bits per heavy atom. The van der Waals surface area contributed by atoms with Crippen LogP contribution in [0.25, 0.3) is 33.0 Å². The van der Waals surface area contributed by atoms with Gasteiger partial charge in [-0.1, -0.05) is 121 Å². The van der Waals surface area contributed by atoms with E-state index in [1.807, 2.05) is 47.4 Å². The fraction of sp³-hybridized carbons (Fsp3) is 0.0278. The van der Waals surface area contributed by atoms with Crippen molar-refractivity contribution in [3.8, 4) is 22.3 Å². The van der Waals surface area contributed by atoms with Crippen LogP contribution in [0.1, 0.15) is 21.5 Å². The fourth-order valence-corrected chi connectivity index (χ4v) is 5.85. The molecule has 0 radical (unpaired) electrons. The fourth-order valence-electron chi connectivity index (χ4n) is 5.85. The highest BCUT2D eigenvalue weighted by atomic mass is 16.2. The van der Waals surface area contributed by atoms with Gasteiger partial charge >= 0.3 is 0 Å². The molecule has 0 atom stereocenters. The predicted octanol–water partition coefficient (Wildman–Crippen LogP) is 9.06. The number of carbonyl (C=O) groups is 1. The summed E-state index contributed by atoms with van der Waals surface area (Å²) >= 11 is 0.